The van der Waals surface area contributed by atoms with Gasteiger partial charge in [-0.2, -0.15) is 0 Å². The van der Waals surface area contributed by atoms with Crippen LogP contribution in [0.4, 0.5) is 4.39 Å². The third-order valence-corrected chi connectivity index (χ3v) is 5.86. The summed E-state index contributed by atoms with van der Waals surface area (Å²) >= 11 is 0. The van der Waals surface area contributed by atoms with E-state index in [1.807, 2.05) is 24.3 Å². The summed E-state index contributed by atoms with van der Waals surface area (Å²) in [5.41, 5.74) is 1.48. The molecule has 3 N–H and O–H groups in total. The number of nitrogens with one attached hydrogen (secondary N) is 2. The molecule has 32 heavy (non-hydrogen) atoms. The molecular formula is C23H28FN3O5. The van der Waals surface area contributed by atoms with Crippen LogP contribution in [0.5, 0.6) is 5.75 Å². The molecule has 5 atom stereocenters. The Kier molecular flexibility index (Phi) is 7.31. The standard InChI is InChI=1S/C23H28FN3O5/c1-30-16-4-2-14(3-5-16)10-27-21(28)9-17-8-19-23(31-17)22(29)20(32-19)13-26-11-15-6-7-25-12-18(15)24/h2-7,12,17,19-20,22-23,26,29H,8-11,13H2,1H3,(H,27,28). The molecule has 8 nitrogen and oxygen atoms in total. The Bertz CT molecular complexity index is 913. The van der Waals surface area contributed by atoms with Crippen LogP contribution in [-0.2, 0) is 27.4 Å². The number of halogens is 1. The molecule has 4 rings (SSSR count). The highest BCUT2D eigenvalue weighted by Crippen LogP contribution is 2.35. The predicted molar refractivity (Wildman–Crippen MR) is 113 cm³/mol. The van der Waals surface area contributed by atoms with Crippen LogP contribution >= 0.6 is 0 Å². The molecule has 1 amide bonds. The molecule has 2 saturated heterocycles. The number of aliphatic hydroxyl groups is 1. The van der Waals surface area contributed by atoms with Gasteiger partial charge in [0, 0.05) is 37.8 Å². The monoisotopic (exact) mass is 445 g/mol. The summed E-state index contributed by atoms with van der Waals surface area (Å²) in [5.74, 6) is 0.279. The van der Waals surface area contributed by atoms with E-state index in [2.05, 4.69) is 15.6 Å². The van der Waals surface area contributed by atoms with Gasteiger partial charge in [-0.3, -0.25) is 9.78 Å². The van der Waals surface area contributed by atoms with Gasteiger partial charge in [-0.25, -0.2) is 4.39 Å². The third-order valence-electron chi connectivity index (χ3n) is 5.86. The minimum atomic E-state index is -0.804. The van der Waals surface area contributed by atoms with Gasteiger partial charge in [-0.05, 0) is 23.8 Å². The lowest BCUT2D eigenvalue weighted by Gasteiger charge is -2.20. The number of nitrogens with zero attached hydrogens (tertiary/aromatic N) is 1. The lowest BCUT2D eigenvalue weighted by molar-refractivity contribution is -0.124. The van der Waals surface area contributed by atoms with Gasteiger partial charge in [-0.15, -0.1) is 0 Å². The second-order valence-electron chi connectivity index (χ2n) is 8.09. The van der Waals surface area contributed by atoms with Crippen LogP contribution in [0.25, 0.3) is 0 Å². The van der Waals surface area contributed by atoms with Gasteiger partial charge in [0.25, 0.3) is 0 Å². The van der Waals surface area contributed by atoms with E-state index in [9.17, 15) is 14.3 Å². The van der Waals surface area contributed by atoms with Crippen molar-refractivity contribution in [1.82, 2.24) is 15.6 Å². The maximum absolute atomic E-state index is 13.6. The van der Waals surface area contributed by atoms with E-state index in [0.29, 0.717) is 31.6 Å². The first-order chi connectivity index (χ1) is 15.5. The maximum atomic E-state index is 13.6. The summed E-state index contributed by atoms with van der Waals surface area (Å²) in [6, 6.07) is 9.10. The number of carbonyl (C=O) groups is 1. The summed E-state index contributed by atoms with van der Waals surface area (Å²) in [4.78, 5) is 16.0. The molecule has 0 aliphatic carbocycles. The van der Waals surface area contributed by atoms with E-state index in [1.54, 1.807) is 13.2 Å². The Morgan fingerprint density at radius 2 is 2.06 bits per heavy atom. The number of aliphatic hydroxyl groups excluding tert-OH is 1. The Morgan fingerprint density at radius 1 is 1.25 bits per heavy atom. The Morgan fingerprint density at radius 3 is 2.78 bits per heavy atom. The minimum Gasteiger partial charge on any atom is -0.497 e. The topological polar surface area (TPSA) is 102 Å². The molecule has 2 fully saturated rings. The van der Waals surface area contributed by atoms with Gasteiger partial charge in [0.1, 0.15) is 23.8 Å². The smallest absolute Gasteiger partial charge is 0.222 e. The lowest BCUT2D eigenvalue weighted by Crippen LogP contribution is -2.39. The number of hydrogen-bond acceptors (Lipinski definition) is 7. The number of hydrogen-bond donors (Lipinski definition) is 3. The van der Waals surface area contributed by atoms with E-state index >= 15 is 0 Å². The highest BCUT2D eigenvalue weighted by atomic mass is 19.1. The normalized spacial score (nSPS) is 26.7. The summed E-state index contributed by atoms with van der Waals surface area (Å²) in [7, 11) is 1.61. The molecule has 0 radical (unpaired) electrons. The fourth-order valence-corrected chi connectivity index (χ4v) is 4.13. The van der Waals surface area contributed by atoms with E-state index in [1.165, 1.54) is 12.4 Å². The molecule has 3 heterocycles. The molecule has 2 aliphatic rings. The average Bonchev–Trinajstić information content (AvgIpc) is 3.32. The van der Waals surface area contributed by atoms with Crippen molar-refractivity contribution >= 4 is 5.91 Å². The van der Waals surface area contributed by atoms with E-state index < -0.39 is 18.3 Å². The van der Waals surface area contributed by atoms with Crippen molar-refractivity contribution in [3.05, 3.63) is 59.7 Å². The Balaban J connectivity index is 1.18. The molecule has 2 aliphatic heterocycles. The second kappa shape index (κ2) is 10.4. The van der Waals surface area contributed by atoms with E-state index in [0.717, 1.165) is 11.3 Å². The largest absolute Gasteiger partial charge is 0.497 e. The van der Waals surface area contributed by atoms with Gasteiger partial charge in [0.05, 0.1) is 38.0 Å². The highest BCUT2D eigenvalue weighted by molar-refractivity contribution is 5.76. The van der Waals surface area contributed by atoms with Gasteiger partial charge >= 0.3 is 0 Å². The number of fused-ring (bicyclic) bond motifs is 1. The van der Waals surface area contributed by atoms with Crippen LogP contribution in [0.2, 0.25) is 0 Å². The van der Waals surface area contributed by atoms with Crippen molar-refractivity contribution in [2.45, 2.75) is 56.5 Å². The van der Waals surface area contributed by atoms with Crippen molar-refractivity contribution < 1.29 is 28.5 Å². The third kappa shape index (κ3) is 5.42. The molecule has 5 unspecified atom stereocenters. The summed E-state index contributed by atoms with van der Waals surface area (Å²) in [6.07, 6.45) is 1.21. The van der Waals surface area contributed by atoms with Crippen molar-refractivity contribution in [2.24, 2.45) is 0 Å². The highest BCUT2D eigenvalue weighted by Gasteiger charge is 2.50. The van der Waals surface area contributed by atoms with E-state index in [-0.39, 0.29) is 30.4 Å². The second-order valence-corrected chi connectivity index (χ2v) is 8.09. The zero-order valence-corrected chi connectivity index (χ0v) is 17.9. The van der Waals surface area contributed by atoms with Gasteiger partial charge in [0.2, 0.25) is 5.91 Å². The number of carbonyl (C=O) groups excluding carboxylic acids is 1. The number of benzene rings is 1. The Hall–Kier alpha value is -2.59. The molecule has 1 aromatic carbocycles. The summed E-state index contributed by atoms with van der Waals surface area (Å²) < 4.78 is 30.6. The van der Waals surface area contributed by atoms with Crippen LogP contribution < -0.4 is 15.4 Å². The number of pyridine rings is 1. The van der Waals surface area contributed by atoms with Gasteiger partial charge in [-0.1, -0.05) is 12.1 Å². The molecule has 0 saturated carbocycles. The number of amides is 1. The zero-order valence-electron chi connectivity index (χ0n) is 17.9. The fourth-order valence-electron chi connectivity index (χ4n) is 4.13. The van der Waals surface area contributed by atoms with Crippen molar-refractivity contribution in [2.75, 3.05) is 13.7 Å². The van der Waals surface area contributed by atoms with Crippen molar-refractivity contribution in [1.29, 1.82) is 0 Å². The average molecular weight is 445 g/mol. The SMILES string of the molecule is COc1ccc(CNC(=O)CC2CC3OC(CNCc4ccncc4F)C(O)C3O2)cc1. The van der Waals surface area contributed by atoms with Crippen LogP contribution in [0.3, 0.4) is 0 Å². The van der Waals surface area contributed by atoms with Crippen LogP contribution in [0.15, 0.2) is 42.7 Å². The summed E-state index contributed by atoms with van der Waals surface area (Å²) in [5, 5.41) is 16.6. The quantitative estimate of drug-likeness (QED) is 0.535. The first-order valence-corrected chi connectivity index (χ1v) is 10.7. The minimum absolute atomic E-state index is 0.113. The predicted octanol–water partition coefficient (Wildman–Crippen LogP) is 1.31. The number of ether oxygens (including phenoxy) is 3. The summed E-state index contributed by atoms with van der Waals surface area (Å²) in [6.45, 7) is 1.10. The van der Waals surface area contributed by atoms with Crippen LogP contribution in [-0.4, -0.2) is 60.2 Å². The molecule has 2 aromatic rings. The maximum Gasteiger partial charge on any atom is 0.222 e. The zero-order chi connectivity index (χ0) is 22.5. The molecule has 9 heteroatoms. The first-order valence-electron chi connectivity index (χ1n) is 10.7. The van der Waals surface area contributed by atoms with Gasteiger partial charge < -0.3 is 30.0 Å². The first kappa shape index (κ1) is 22.6. The number of aromatic nitrogens is 1. The van der Waals surface area contributed by atoms with Gasteiger partial charge in [0.15, 0.2) is 0 Å². The van der Waals surface area contributed by atoms with E-state index in [4.69, 9.17) is 14.2 Å². The van der Waals surface area contributed by atoms with Crippen molar-refractivity contribution in [3.63, 3.8) is 0 Å². The Labute approximate surface area is 186 Å². The van der Waals surface area contributed by atoms with Crippen molar-refractivity contribution in [3.8, 4) is 5.75 Å². The molecular weight excluding hydrogens is 417 g/mol. The van der Waals surface area contributed by atoms with Crippen LogP contribution in [0, 0.1) is 5.82 Å². The number of rotatable bonds is 9. The molecule has 0 bridgehead atoms. The molecule has 0 spiro atoms. The molecule has 1 aromatic heterocycles. The number of methoxy groups -OCH3 is 1. The fraction of sp³-hybridized carbons (Fsp3) is 0.478. The molecule has 172 valence electrons. The lowest BCUT2D eigenvalue weighted by atomic mass is 10.1. The van der Waals surface area contributed by atoms with Crippen LogP contribution in [0.1, 0.15) is 24.0 Å².